The molecule has 1 aromatic rings. The standard InChI is InChI=1S/C13H15NO/c1-3-9-13(14,11(2)15)10-12-7-5-4-6-8-12/h1,4-8H,9-10,14H2,2H3/t13-/m0/s1. The molecular formula is C13H15NO. The predicted molar refractivity (Wildman–Crippen MR) is 61.2 cm³/mol. The van der Waals surface area contributed by atoms with E-state index in [0.29, 0.717) is 6.42 Å². The van der Waals surface area contributed by atoms with Gasteiger partial charge in [-0.15, -0.1) is 12.3 Å². The predicted octanol–water partition coefficient (Wildman–Crippen LogP) is 1.54. The Bertz CT molecular complexity index is 377. The van der Waals surface area contributed by atoms with Crippen molar-refractivity contribution in [3.05, 3.63) is 35.9 Å². The van der Waals surface area contributed by atoms with Gasteiger partial charge in [0.25, 0.3) is 0 Å². The Balaban J connectivity index is 2.86. The summed E-state index contributed by atoms with van der Waals surface area (Å²) in [5, 5.41) is 0. The fourth-order valence-electron chi connectivity index (χ4n) is 1.45. The van der Waals surface area contributed by atoms with Crippen molar-refractivity contribution < 1.29 is 4.79 Å². The second-order valence-corrected chi connectivity index (χ2v) is 3.76. The Morgan fingerprint density at radius 1 is 1.47 bits per heavy atom. The zero-order valence-corrected chi connectivity index (χ0v) is 8.86. The Labute approximate surface area is 90.5 Å². The maximum atomic E-state index is 11.4. The van der Waals surface area contributed by atoms with E-state index in [2.05, 4.69) is 5.92 Å². The molecule has 0 saturated heterocycles. The lowest BCUT2D eigenvalue weighted by Crippen LogP contribution is -2.48. The number of Topliss-reactive ketones (excluding diaryl/α,β-unsaturated/α-hetero) is 1. The molecular weight excluding hydrogens is 186 g/mol. The van der Waals surface area contributed by atoms with E-state index in [1.54, 1.807) is 0 Å². The van der Waals surface area contributed by atoms with E-state index < -0.39 is 5.54 Å². The molecule has 0 saturated carbocycles. The molecule has 0 aliphatic carbocycles. The number of ketones is 1. The highest BCUT2D eigenvalue weighted by molar-refractivity contribution is 5.86. The highest BCUT2D eigenvalue weighted by atomic mass is 16.1. The van der Waals surface area contributed by atoms with Crippen LogP contribution in [0.15, 0.2) is 30.3 Å². The van der Waals surface area contributed by atoms with Gasteiger partial charge in [-0.1, -0.05) is 30.3 Å². The first kappa shape index (κ1) is 11.5. The summed E-state index contributed by atoms with van der Waals surface area (Å²) in [7, 11) is 0. The van der Waals surface area contributed by atoms with Gasteiger partial charge in [0.2, 0.25) is 0 Å². The number of carbonyl (C=O) groups is 1. The molecule has 1 aromatic carbocycles. The average molecular weight is 201 g/mol. The summed E-state index contributed by atoms with van der Waals surface area (Å²) in [6.07, 6.45) is 5.99. The first-order valence-corrected chi connectivity index (χ1v) is 4.86. The molecule has 1 atom stereocenters. The monoisotopic (exact) mass is 201 g/mol. The van der Waals surface area contributed by atoms with Gasteiger partial charge < -0.3 is 5.73 Å². The number of carbonyl (C=O) groups excluding carboxylic acids is 1. The maximum Gasteiger partial charge on any atom is 0.150 e. The van der Waals surface area contributed by atoms with Crippen molar-refractivity contribution in [2.24, 2.45) is 5.73 Å². The summed E-state index contributed by atoms with van der Waals surface area (Å²) in [4.78, 5) is 11.4. The zero-order valence-electron chi connectivity index (χ0n) is 8.86. The van der Waals surface area contributed by atoms with E-state index in [1.807, 2.05) is 30.3 Å². The van der Waals surface area contributed by atoms with Gasteiger partial charge in [0.15, 0.2) is 5.78 Å². The number of hydrogen-bond donors (Lipinski definition) is 1. The highest BCUT2D eigenvalue weighted by Crippen LogP contribution is 2.15. The van der Waals surface area contributed by atoms with Crippen LogP contribution in [0, 0.1) is 12.3 Å². The minimum Gasteiger partial charge on any atom is -0.318 e. The maximum absolute atomic E-state index is 11.4. The summed E-state index contributed by atoms with van der Waals surface area (Å²) in [6, 6.07) is 9.66. The summed E-state index contributed by atoms with van der Waals surface area (Å²) < 4.78 is 0. The van der Waals surface area contributed by atoms with Gasteiger partial charge in [-0.05, 0) is 18.9 Å². The largest absolute Gasteiger partial charge is 0.318 e. The van der Waals surface area contributed by atoms with Gasteiger partial charge in [0.1, 0.15) is 0 Å². The second-order valence-electron chi connectivity index (χ2n) is 3.76. The topological polar surface area (TPSA) is 43.1 Å². The van der Waals surface area contributed by atoms with E-state index in [1.165, 1.54) is 6.92 Å². The van der Waals surface area contributed by atoms with Crippen LogP contribution in [0.2, 0.25) is 0 Å². The lowest BCUT2D eigenvalue weighted by Gasteiger charge is -2.24. The third-order valence-electron chi connectivity index (χ3n) is 2.48. The van der Waals surface area contributed by atoms with Crippen molar-refractivity contribution in [2.45, 2.75) is 25.3 Å². The zero-order chi connectivity index (χ0) is 11.3. The average Bonchev–Trinajstić information content (AvgIpc) is 2.19. The van der Waals surface area contributed by atoms with Gasteiger partial charge in [-0.25, -0.2) is 0 Å². The van der Waals surface area contributed by atoms with Crippen LogP contribution in [0.3, 0.4) is 0 Å². The lowest BCUT2D eigenvalue weighted by atomic mass is 9.85. The molecule has 0 unspecified atom stereocenters. The van der Waals surface area contributed by atoms with E-state index >= 15 is 0 Å². The van der Waals surface area contributed by atoms with Crippen LogP contribution in [0.25, 0.3) is 0 Å². The van der Waals surface area contributed by atoms with Crippen molar-refractivity contribution in [3.63, 3.8) is 0 Å². The smallest absolute Gasteiger partial charge is 0.150 e. The third-order valence-corrected chi connectivity index (χ3v) is 2.48. The molecule has 2 nitrogen and oxygen atoms in total. The van der Waals surface area contributed by atoms with E-state index in [4.69, 9.17) is 12.2 Å². The molecule has 0 aliphatic rings. The Morgan fingerprint density at radius 2 is 2.07 bits per heavy atom. The number of terminal acetylenes is 1. The molecule has 0 aliphatic heterocycles. The summed E-state index contributed by atoms with van der Waals surface area (Å²) >= 11 is 0. The van der Waals surface area contributed by atoms with Crippen LogP contribution in [-0.2, 0) is 11.2 Å². The number of rotatable bonds is 4. The van der Waals surface area contributed by atoms with Gasteiger partial charge >= 0.3 is 0 Å². The van der Waals surface area contributed by atoms with E-state index in [-0.39, 0.29) is 12.2 Å². The molecule has 0 radical (unpaired) electrons. The first-order valence-electron chi connectivity index (χ1n) is 4.86. The number of hydrogen-bond acceptors (Lipinski definition) is 2. The first-order chi connectivity index (χ1) is 7.08. The minimum atomic E-state index is -0.921. The van der Waals surface area contributed by atoms with Crippen molar-refractivity contribution >= 4 is 5.78 Å². The normalized spacial score (nSPS) is 13.9. The van der Waals surface area contributed by atoms with Gasteiger partial charge in [-0.2, -0.15) is 0 Å². The van der Waals surface area contributed by atoms with Gasteiger partial charge in [-0.3, -0.25) is 4.79 Å². The molecule has 0 aromatic heterocycles. The summed E-state index contributed by atoms with van der Waals surface area (Å²) in [5.74, 6) is 2.40. The van der Waals surface area contributed by atoms with Gasteiger partial charge in [0.05, 0.1) is 5.54 Å². The van der Waals surface area contributed by atoms with E-state index in [9.17, 15) is 4.79 Å². The molecule has 0 amide bonds. The molecule has 0 bridgehead atoms. The van der Waals surface area contributed by atoms with Crippen molar-refractivity contribution in [3.8, 4) is 12.3 Å². The third kappa shape index (κ3) is 2.93. The van der Waals surface area contributed by atoms with Crippen LogP contribution in [-0.4, -0.2) is 11.3 Å². The fourth-order valence-corrected chi connectivity index (χ4v) is 1.45. The van der Waals surface area contributed by atoms with Crippen molar-refractivity contribution in [1.29, 1.82) is 0 Å². The number of benzene rings is 1. The van der Waals surface area contributed by atoms with Crippen LogP contribution in [0.5, 0.6) is 0 Å². The minimum absolute atomic E-state index is 0.0655. The second kappa shape index (κ2) is 4.77. The highest BCUT2D eigenvalue weighted by Gasteiger charge is 2.29. The van der Waals surface area contributed by atoms with Crippen molar-refractivity contribution in [1.82, 2.24) is 0 Å². The fraction of sp³-hybridized carbons (Fsp3) is 0.308. The molecule has 0 heterocycles. The quantitative estimate of drug-likeness (QED) is 0.751. The lowest BCUT2D eigenvalue weighted by molar-refractivity contribution is -0.121. The van der Waals surface area contributed by atoms with Crippen LogP contribution in [0.1, 0.15) is 18.9 Å². The summed E-state index contributed by atoms with van der Waals surface area (Å²) in [5.41, 5.74) is 6.10. The number of nitrogens with two attached hydrogens (primary N) is 1. The Kier molecular flexibility index (Phi) is 3.65. The Morgan fingerprint density at radius 3 is 2.53 bits per heavy atom. The summed E-state index contributed by atoms with van der Waals surface area (Å²) in [6.45, 7) is 1.49. The molecule has 1 rings (SSSR count). The molecule has 2 N–H and O–H groups in total. The molecule has 15 heavy (non-hydrogen) atoms. The molecule has 0 spiro atoms. The molecule has 0 fully saturated rings. The Hall–Kier alpha value is -1.59. The molecule has 2 heteroatoms. The van der Waals surface area contributed by atoms with E-state index in [0.717, 1.165) is 5.56 Å². The molecule has 78 valence electrons. The SMILES string of the molecule is C#CC[C@](N)(Cc1ccccc1)C(C)=O. The van der Waals surface area contributed by atoms with Crippen molar-refractivity contribution in [2.75, 3.05) is 0 Å². The van der Waals surface area contributed by atoms with Crippen LogP contribution < -0.4 is 5.73 Å². The van der Waals surface area contributed by atoms with Crippen LogP contribution in [0.4, 0.5) is 0 Å². The van der Waals surface area contributed by atoms with Gasteiger partial charge in [0, 0.05) is 6.42 Å². The van der Waals surface area contributed by atoms with Crippen LogP contribution >= 0.6 is 0 Å².